The first-order valence-electron chi connectivity index (χ1n) is 6.96. The first kappa shape index (κ1) is 14.2. The summed E-state index contributed by atoms with van der Waals surface area (Å²) in [6.45, 7) is 2.28. The van der Waals surface area contributed by atoms with Crippen molar-refractivity contribution in [2.75, 3.05) is 0 Å². The zero-order valence-corrected chi connectivity index (χ0v) is 14.0. The van der Waals surface area contributed by atoms with E-state index in [1.807, 2.05) is 0 Å². The molecule has 0 N–H and O–H groups in total. The van der Waals surface area contributed by atoms with Crippen LogP contribution in [0.2, 0.25) is 13.3 Å². The van der Waals surface area contributed by atoms with Gasteiger partial charge >= 0.3 is 104 Å². The molecule has 0 amide bonds. The Morgan fingerprint density at radius 3 is 2.13 bits per heavy atom. The van der Waals surface area contributed by atoms with Gasteiger partial charge in [-0.2, -0.15) is 0 Å². The monoisotopic (exact) mass is 338 g/mol. The van der Waals surface area contributed by atoms with Crippen LogP contribution in [0.5, 0.6) is 0 Å². The van der Waals surface area contributed by atoms with E-state index in [-0.39, 0.29) is 0 Å². The summed E-state index contributed by atoms with van der Waals surface area (Å²) >= 11 is -1.97. The number of unbranched alkanes of at least 4 members (excludes halogenated alkanes) is 5. The van der Waals surface area contributed by atoms with Crippen molar-refractivity contribution >= 4 is 26.2 Å². The van der Waals surface area contributed by atoms with Gasteiger partial charge in [-0.25, -0.2) is 0 Å². The fourth-order valence-electron chi connectivity index (χ4n) is 2.66. The van der Waals surface area contributed by atoms with E-state index in [4.69, 9.17) is 8.92 Å². The summed E-state index contributed by atoms with van der Waals surface area (Å²) in [5.41, 5.74) is 0. The Labute approximate surface area is 104 Å². The van der Waals surface area contributed by atoms with Crippen LogP contribution in [0.25, 0.3) is 0 Å². The van der Waals surface area contributed by atoms with Crippen LogP contribution in [0.3, 0.4) is 0 Å². The summed E-state index contributed by atoms with van der Waals surface area (Å²) in [5, 5.41) is 0. The molecule has 1 rings (SSSR count). The van der Waals surface area contributed by atoms with Crippen LogP contribution in [-0.4, -0.2) is 17.3 Å². The normalized spacial score (nSPS) is 20.4. The average Bonchev–Trinajstić information content (AvgIpc) is 2.24. The van der Waals surface area contributed by atoms with Crippen molar-refractivity contribution in [2.24, 2.45) is 0 Å². The van der Waals surface area contributed by atoms with E-state index in [0.29, 0.717) is 0 Å². The Morgan fingerprint density at radius 1 is 0.867 bits per heavy atom. The zero-order chi connectivity index (χ0) is 11.0. The van der Waals surface area contributed by atoms with Crippen LogP contribution in [0.4, 0.5) is 0 Å². The molecule has 1 heterocycles. The molecule has 2 heteroatoms. The van der Waals surface area contributed by atoms with E-state index >= 15 is 0 Å². The van der Waals surface area contributed by atoms with Crippen LogP contribution in [0.15, 0.2) is 0 Å². The third-order valence-corrected chi connectivity index (χ3v) is 18.2. The van der Waals surface area contributed by atoms with E-state index < -0.39 is 17.3 Å². The number of hydrogen-bond acceptors (Lipinski definition) is 0. The molecule has 0 spiro atoms. The van der Waals surface area contributed by atoms with E-state index in [9.17, 15) is 0 Å². The molecule has 0 radical (unpaired) electrons. The Hall–Kier alpha value is 1.09. The van der Waals surface area contributed by atoms with Gasteiger partial charge in [0.05, 0.1) is 0 Å². The quantitative estimate of drug-likeness (QED) is 0.412. The molecule has 1 aliphatic heterocycles. The fourth-order valence-corrected chi connectivity index (χ4v) is 15.1. The summed E-state index contributed by atoms with van der Waals surface area (Å²) in [5.74, 6) is 0. The van der Waals surface area contributed by atoms with Gasteiger partial charge in [0, 0.05) is 0 Å². The van der Waals surface area contributed by atoms with Crippen molar-refractivity contribution in [2.45, 2.75) is 78.0 Å². The molecule has 90 valence electrons. The van der Waals surface area contributed by atoms with Gasteiger partial charge in [-0.05, 0) is 0 Å². The van der Waals surface area contributed by atoms with Gasteiger partial charge in [0.1, 0.15) is 0 Å². The van der Waals surface area contributed by atoms with Gasteiger partial charge in [0.15, 0.2) is 0 Å². The van der Waals surface area contributed by atoms with Crippen molar-refractivity contribution in [3.8, 4) is 0 Å². The SMILES string of the molecule is CCCCCCC[CH2][Sn]1([Cl])[CH2]CCC[CH2]1. The van der Waals surface area contributed by atoms with Crippen LogP contribution in [0.1, 0.15) is 64.7 Å². The van der Waals surface area contributed by atoms with Gasteiger partial charge in [-0.3, -0.25) is 0 Å². The molecule has 0 aromatic carbocycles. The molecule has 0 aromatic rings. The molecular formula is C13H27ClSn. The van der Waals surface area contributed by atoms with Gasteiger partial charge in [-0.1, -0.05) is 0 Å². The molecule has 0 bridgehead atoms. The number of halogens is 1. The van der Waals surface area contributed by atoms with Crippen LogP contribution < -0.4 is 0 Å². The second kappa shape index (κ2) is 8.22. The van der Waals surface area contributed by atoms with Gasteiger partial charge in [0.25, 0.3) is 0 Å². The summed E-state index contributed by atoms with van der Waals surface area (Å²) in [6.07, 6.45) is 12.9. The van der Waals surface area contributed by atoms with Crippen molar-refractivity contribution in [1.29, 1.82) is 0 Å². The first-order chi connectivity index (χ1) is 7.27. The topological polar surface area (TPSA) is 0 Å². The van der Waals surface area contributed by atoms with Crippen molar-refractivity contribution in [3.63, 3.8) is 0 Å². The summed E-state index contributed by atoms with van der Waals surface area (Å²) in [7, 11) is 6.83. The molecular weight excluding hydrogens is 310 g/mol. The molecule has 0 unspecified atom stereocenters. The maximum absolute atomic E-state index is 6.83. The molecule has 0 saturated carbocycles. The summed E-state index contributed by atoms with van der Waals surface area (Å²) in [4.78, 5) is 0. The molecule has 1 saturated heterocycles. The Morgan fingerprint density at radius 2 is 1.47 bits per heavy atom. The first-order valence-corrected chi connectivity index (χ1v) is 16.6. The second-order valence-corrected chi connectivity index (χ2v) is 21.5. The van der Waals surface area contributed by atoms with Crippen molar-refractivity contribution in [3.05, 3.63) is 0 Å². The molecule has 0 aliphatic carbocycles. The second-order valence-electron chi connectivity index (χ2n) is 5.23. The van der Waals surface area contributed by atoms with Gasteiger partial charge < -0.3 is 0 Å². The van der Waals surface area contributed by atoms with E-state index in [0.717, 1.165) is 0 Å². The van der Waals surface area contributed by atoms with Gasteiger partial charge in [0.2, 0.25) is 0 Å². The molecule has 0 atom stereocenters. The standard InChI is InChI=1S/C8H17.C5H10.ClH.Sn/c1-3-5-7-8-6-4-2;1-3-5-4-2;;/h1,3-8H2,2H3;1-5H2;1H;/q;;;+1/p-1. The summed E-state index contributed by atoms with van der Waals surface area (Å²) in [6, 6.07) is 0. The predicted molar refractivity (Wildman–Crippen MR) is 73.3 cm³/mol. The molecule has 1 aliphatic rings. The van der Waals surface area contributed by atoms with Crippen molar-refractivity contribution < 1.29 is 0 Å². The Balaban J connectivity index is 1.98. The molecule has 1 fully saturated rings. The van der Waals surface area contributed by atoms with Gasteiger partial charge in [-0.15, -0.1) is 0 Å². The maximum atomic E-state index is 6.83. The number of rotatable bonds is 7. The van der Waals surface area contributed by atoms with Crippen molar-refractivity contribution in [1.82, 2.24) is 0 Å². The van der Waals surface area contributed by atoms with Crippen LogP contribution in [0, 0.1) is 0 Å². The third kappa shape index (κ3) is 6.41. The number of hydrogen-bond donors (Lipinski definition) is 0. The molecule has 0 aromatic heterocycles. The van der Waals surface area contributed by atoms with Crippen LogP contribution >= 0.6 is 8.92 Å². The summed E-state index contributed by atoms with van der Waals surface area (Å²) < 4.78 is 4.43. The Bertz CT molecular complexity index is 153. The predicted octanol–water partition coefficient (Wildman–Crippen LogP) is 5.72. The van der Waals surface area contributed by atoms with Crippen LogP contribution in [-0.2, 0) is 0 Å². The molecule has 15 heavy (non-hydrogen) atoms. The third-order valence-electron chi connectivity index (χ3n) is 3.73. The Kier molecular flexibility index (Phi) is 7.75. The fraction of sp³-hybridized carbons (Fsp3) is 1.00. The molecule has 0 nitrogen and oxygen atoms in total. The average molecular weight is 338 g/mol. The van der Waals surface area contributed by atoms with E-state index in [2.05, 4.69) is 6.92 Å². The van der Waals surface area contributed by atoms with E-state index in [1.165, 1.54) is 71.1 Å². The van der Waals surface area contributed by atoms with E-state index in [1.54, 1.807) is 0 Å². The minimum absolute atomic E-state index is 1.36. The minimum atomic E-state index is -1.97. The zero-order valence-electron chi connectivity index (χ0n) is 10.4.